The SMILES string of the molecule is Cc1ccc(S(=O)(=O)O)cc1.O=C(OCc1ccccc1)N1CC2CNC2C1. The van der Waals surface area contributed by atoms with Crippen molar-refractivity contribution in [3.05, 3.63) is 65.7 Å². The van der Waals surface area contributed by atoms with Gasteiger partial charge < -0.3 is 15.0 Å². The molecule has 0 radical (unpaired) electrons. The van der Waals surface area contributed by atoms with Gasteiger partial charge in [-0.25, -0.2) is 4.79 Å². The number of hydrogen-bond acceptors (Lipinski definition) is 5. The van der Waals surface area contributed by atoms with Crippen molar-refractivity contribution in [1.29, 1.82) is 0 Å². The molecule has 8 heteroatoms. The van der Waals surface area contributed by atoms with Crippen LogP contribution in [-0.4, -0.2) is 49.6 Å². The van der Waals surface area contributed by atoms with Crippen LogP contribution in [-0.2, 0) is 21.5 Å². The number of aryl methyl sites for hydroxylation is 1. The molecule has 4 rings (SSSR count). The van der Waals surface area contributed by atoms with E-state index in [0.717, 1.165) is 30.8 Å². The summed E-state index contributed by atoms with van der Waals surface area (Å²) >= 11 is 0. The van der Waals surface area contributed by atoms with Gasteiger partial charge in [-0.3, -0.25) is 4.55 Å². The second kappa shape index (κ2) is 8.72. The van der Waals surface area contributed by atoms with Crippen LogP contribution < -0.4 is 5.32 Å². The Morgan fingerprint density at radius 3 is 2.32 bits per heavy atom. The first-order chi connectivity index (χ1) is 13.3. The highest BCUT2D eigenvalue weighted by Gasteiger charge is 2.41. The molecule has 2 fully saturated rings. The van der Waals surface area contributed by atoms with E-state index in [1.54, 1.807) is 17.0 Å². The van der Waals surface area contributed by atoms with Crippen molar-refractivity contribution in [2.75, 3.05) is 19.6 Å². The van der Waals surface area contributed by atoms with E-state index in [1.807, 2.05) is 37.3 Å². The van der Waals surface area contributed by atoms with E-state index < -0.39 is 10.1 Å². The predicted octanol–water partition coefficient (Wildman–Crippen LogP) is 2.47. The number of hydrogen-bond donors (Lipinski definition) is 2. The van der Waals surface area contributed by atoms with E-state index >= 15 is 0 Å². The zero-order valence-corrected chi connectivity index (χ0v) is 16.4. The molecule has 0 bridgehead atoms. The molecule has 2 aromatic carbocycles. The van der Waals surface area contributed by atoms with Gasteiger partial charge in [0.15, 0.2) is 0 Å². The topological polar surface area (TPSA) is 95.9 Å². The summed E-state index contributed by atoms with van der Waals surface area (Å²) in [6.45, 7) is 4.86. The van der Waals surface area contributed by atoms with Crippen molar-refractivity contribution in [1.82, 2.24) is 10.2 Å². The summed E-state index contributed by atoms with van der Waals surface area (Å²) in [5.41, 5.74) is 1.98. The van der Waals surface area contributed by atoms with E-state index in [2.05, 4.69) is 5.32 Å². The van der Waals surface area contributed by atoms with Gasteiger partial charge in [0.2, 0.25) is 0 Å². The van der Waals surface area contributed by atoms with Crippen LogP contribution in [0.1, 0.15) is 11.1 Å². The van der Waals surface area contributed by atoms with Crippen molar-refractivity contribution in [2.45, 2.75) is 24.5 Å². The molecule has 1 amide bonds. The number of nitrogens with zero attached hydrogens (tertiary/aromatic N) is 1. The third-order valence-corrected chi connectivity index (χ3v) is 5.73. The van der Waals surface area contributed by atoms with E-state index in [4.69, 9.17) is 9.29 Å². The fourth-order valence-electron chi connectivity index (χ4n) is 3.12. The van der Waals surface area contributed by atoms with Crippen molar-refractivity contribution >= 4 is 16.2 Å². The summed E-state index contributed by atoms with van der Waals surface area (Å²) in [4.78, 5) is 13.6. The lowest BCUT2D eigenvalue weighted by Crippen LogP contribution is -2.51. The Bertz CT molecular complexity index is 888. The van der Waals surface area contributed by atoms with Crippen LogP contribution in [0.5, 0.6) is 0 Å². The lowest BCUT2D eigenvalue weighted by Gasteiger charge is -2.29. The second-order valence-corrected chi connectivity index (χ2v) is 8.43. The summed E-state index contributed by atoms with van der Waals surface area (Å²) in [5.74, 6) is 0.638. The van der Waals surface area contributed by atoms with E-state index in [9.17, 15) is 13.2 Å². The molecule has 2 heterocycles. The molecule has 0 aliphatic carbocycles. The normalized spacial score (nSPS) is 20.4. The largest absolute Gasteiger partial charge is 0.445 e. The minimum Gasteiger partial charge on any atom is -0.445 e. The van der Waals surface area contributed by atoms with Gasteiger partial charge in [0, 0.05) is 31.6 Å². The Morgan fingerprint density at radius 1 is 1.14 bits per heavy atom. The van der Waals surface area contributed by atoms with E-state index in [1.165, 1.54) is 12.1 Å². The van der Waals surface area contributed by atoms with Crippen LogP contribution in [0, 0.1) is 12.8 Å². The molecule has 2 aliphatic rings. The van der Waals surface area contributed by atoms with Crippen molar-refractivity contribution in [3.63, 3.8) is 0 Å². The molecule has 0 spiro atoms. The molecule has 28 heavy (non-hydrogen) atoms. The van der Waals surface area contributed by atoms with Crippen molar-refractivity contribution in [3.8, 4) is 0 Å². The molecule has 0 aromatic heterocycles. The van der Waals surface area contributed by atoms with Gasteiger partial charge in [0.05, 0.1) is 4.90 Å². The zero-order valence-electron chi connectivity index (χ0n) is 15.6. The highest BCUT2D eigenvalue weighted by Crippen LogP contribution is 2.23. The standard InChI is InChI=1S/C13H16N2O2.C7H8O3S/c16-13(15-7-11-6-14-12(11)8-15)17-9-10-4-2-1-3-5-10;1-6-2-4-7(5-3-6)11(8,9)10/h1-5,11-12,14H,6-9H2;2-5H,1H3,(H,8,9,10). The van der Waals surface area contributed by atoms with Crippen LogP contribution in [0.2, 0.25) is 0 Å². The molecule has 0 saturated carbocycles. The average Bonchev–Trinajstić information content (AvgIpc) is 2.95. The van der Waals surface area contributed by atoms with Crippen molar-refractivity contribution < 1.29 is 22.5 Å². The third-order valence-electron chi connectivity index (χ3n) is 4.87. The minimum absolute atomic E-state index is 0.0666. The van der Waals surface area contributed by atoms with Gasteiger partial charge in [-0.2, -0.15) is 8.42 Å². The van der Waals surface area contributed by atoms with Gasteiger partial charge >= 0.3 is 6.09 Å². The van der Waals surface area contributed by atoms with Gasteiger partial charge in [0.1, 0.15) is 6.61 Å². The summed E-state index contributed by atoms with van der Waals surface area (Å²) in [7, 11) is -4.02. The fourth-order valence-corrected chi connectivity index (χ4v) is 3.60. The number of carbonyl (C=O) groups excluding carboxylic acids is 1. The average molecular weight is 404 g/mol. The van der Waals surface area contributed by atoms with Crippen LogP contribution in [0.3, 0.4) is 0 Å². The quantitative estimate of drug-likeness (QED) is 0.763. The molecule has 2 N–H and O–H groups in total. The number of ether oxygens (including phenoxy) is 1. The molecular formula is C20H24N2O5S. The molecule has 150 valence electrons. The smallest absolute Gasteiger partial charge is 0.410 e. The summed E-state index contributed by atoms with van der Waals surface area (Å²) in [6.07, 6.45) is -0.190. The zero-order chi connectivity index (χ0) is 20.1. The molecule has 2 unspecified atom stereocenters. The minimum atomic E-state index is -4.02. The fraction of sp³-hybridized carbons (Fsp3) is 0.350. The molecule has 2 atom stereocenters. The highest BCUT2D eigenvalue weighted by molar-refractivity contribution is 7.85. The first-order valence-electron chi connectivity index (χ1n) is 9.06. The van der Waals surface area contributed by atoms with Crippen LogP contribution in [0.15, 0.2) is 59.5 Å². The van der Waals surface area contributed by atoms with Gasteiger partial charge in [-0.05, 0) is 24.6 Å². The van der Waals surface area contributed by atoms with Gasteiger partial charge in [-0.1, -0.05) is 48.0 Å². The van der Waals surface area contributed by atoms with Crippen LogP contribution in [0.25, 0.3) is 0 Å². The van der Waals surface area contributed by atoms with Gasteiger partial charge in [0.25, 0.3) is 10.1 Å². The maximum Gasteiger partial charge on any atom is 0.410 e. The predicted molar refractivity (Wildman–Crippen MR) is 104 cm³/mol. The Kier molecular flexibility index (Phi) is 6.33. The lowest BCUT2D eigenvalue weighted by atomic mass is 9.96. The number of benzene rings is 2. The molecule has 2 aliphatic heterocycles. The molecule has 7 nitrogen and oxygen atoms in total. The van der Waals surface area contributed by atoms with Gasteiger partial charge in [-0.15, -0.1) is 0 Å². The Labute approximate surface area is 165 Å². The number of rotatable bonds is 3. The number of carbonyl (C=O) groups is 1. The van der Waals surface area contributed by atoms with E-state index in [-0.39, 0.29) is 11.0 Å². The number of amides is 1. The number of likely N-dealkylation sites (tertiary alicyclic amines) is 1. The maximum atomic E-state index is 11.8. The molecule has 2 saturated heterocycles. The molecule has 2 aromatic rings. The van der Waals surface area contributed by atoms with E-state index in [0.29, 0.717) is 18.6 Å². The summed E-state index contributed by atoms with van der Waals surface area (Å²) in [5, 5.41) is 3.32. The van der Waals surface area contributed by atoms with Crippen molar-refractivity contribution in [2.24, 2.45) is 5.92 Å². The monoisotopic (exact) mass is 404 g/mol. The third kappa shape index (κ3) is 5.31. The lowest BCUT2D eigenvalue weighted by molar-refractivity contribution is 0.103. The number of fused-ring (bicyclic) bond motifs is 1. The Hall–Kier alpha value is -2.42. The second-order valence-electron chi connectivity index (χ2n) is 7.01. The molecular weight excluding hydrogens is 380 g/mol. The number of nitrogens with one attached hydrogen (secondary N) is 1. The highest BCUT2D eigenvalue weighted by atomic mass is 32.2. The van der Waals surface area contributed by atoms with Crippen LogP contribution >= 0.6 is 0 Å². The van der Waals surface area contributed by atoms with Crippen LogP contribution in [0.4, 0.5) is 4.79 Å². The first-order valence-corrected chi connectivity index (χ1v) is 10.5. The summed E-state index contributed by atoms with van der Waals surface area (Å²) in [6, 6.07) is 16.3. The Morgan fingerprint density at radius 2 is 1.82 bits per heavy atom. The first kappa shape index (κ1) is 20.3. The maximum absolute atomic E-state index is 11.8. The Balaban J connectivity index is 0.000000178. The summed E-state index contributed by atoms with van der Waals surface area (Å²) < 4.78 is 34.8.